The van der Waals surface area contributed by atoms with Gasteiger partial charge in [-0.25, -0.2) is 18.0 Å². The summed E-state index contributed by atoms with van der Waals surface area (Å²) in [5, 5.41) is 17.7. The van der Waals surface area contributed by atoms with E-state index in [1.807, 2.05) is 6.07 Å². The third-order valence-corrected chi connectivity index (χ3v) is 7.90. The van der Waals surface area contributed by atoms with Crippen LogP contribution in [0.15, 0.2) is 30.5 Å². The lowest BCUT2D eigenvalue weighted by Crippen LogP contribution is -2.37. The van der Waals surface area contributed by atoms with Gasteiger partial charge in [0.1, 0.15) is 5.60 Å². The topological polar surface area (TPSA) is 115 Å². The summed E-state index contributed by atoms with van der Waals surface area (Å²) < 4.78 is 82.3. The SMILES string of the molecule is CC(C)(C)OC(=O)N(CCCCOCCNc1cc(CC(=O)O)cc2c1cnn2PI)Cc1cc(F)c(OC(F)(F)F)c(F)c1. The number of halogens is 6. The van der Waals surface area contributed by atoms with Crippen LogP contribution in [0.1, 0.15) is 44.7 Å². The van der Waals surface area contributed by atoms with E-state index in [1.54, 1.807) is 37.5 Å². The van der Waals surface area contributed by atoms with Gasteiger partial charge in [0.2, 0.25) is 5.75 Å². The number of benzene rings is 2. The van der Waals surface area contributed by atoms with E-state index in [4.69, 9.17) is 9.47 Å². The van der Waals surface area contributed by atoms with Crippen molar-refractivity contribution in [1.82, 2.24) is 14.5 Å². The number of nitrogens with one attached hydrogen (secondary N) is 1. The molecule has 1 unspecified atom stereocenters. The molecule has 17 heteroatoms. The van der Waals surface area contributed by atoms with Gasteiger partial charge in [-0.05, 0) is 91.0 Å². The van der Waals surface area contributed by atoms with Crippen molar-refractivity contribution in [2.24, 2.45) is 0 Å². The van der Waals surface area contributed by atoms with Crippen LogP contribution < -0.4 is 10.1 Å². The molecule has 3 aromatic rings. The van der Waals surface area contributed by atoms with Crippen molar-refractivity contribution >= 4 is 57.1 Å². The molecule has 1 amide bonds. The van der Waals surface area contributed by atoms with E-state index in [9.17, 15) is 36.6 Å². The van der Waals surface area contributed by atoms with Crippen LogP contribution in [0.5, 0.6) is 5.75 Å². The largest absolute Gasteiger partial charge is 0.573 e. The van der Waals surface area contributed by atoms with E-state index in [0.717, 1.165) is 16.6 Å². The first-order chi connectivity index (χ1) is 21.1. The maximum atomic E-state index is 14.2. The summed E-state index contributed by atoms with van der Waals surface area (Å²) in [6.07, 6.45) is -3.14. The summed E-state index contributed by atoms with van der Waals surface area (Å²) in [6.45, 7) is 5.84. The number of nitrogens with zero attached hydrogens (tertiary/aromatic N) is 3. The number of unbranched alkanes of at least 4 members (excludes halogenated alkanes) is 1. The molecule has 0 aliphatic rings. The summed E-state index contributed by atoms with van der Waals surface area (Å²) in [7, 11) is 0. The van der Waals surface area contributed by atoms with Crippen molar-refractivity contribution < 1.29 is 50.9 Å². The molecule has 1 atom stereocenters. The van der Waals surface area contributed by atoms with Gasteiger partial charge in [-0.15, -0.1) is 13.2 Å². The number of fused-ring (bicyclic) bond motifs is 1. The number of carbonyl (C=O) groups excluding carboxylic acids is 1. The summed E-state index contributed by atoms with van der Waals surface area (Å²) >= 11 is 2.20. The second-order valence-electron chi connectivity index (χ2n) is 10.9. The molecule has 10 nitrogen and oxygen atoms in total. The minimum absolute atomic E-state index is 0.0845. The van der Waals surface area contributed by atoms with E-state index in [1.165, 1.54) is 4.90 Å². The number of rotatable bonds is 15. The Labute approximate surface area is 270 Å². The number of carboxylic acids is 1. The Bertz CT molecular complexity index is 1460. The minimum atomic E-state index is -5.28. The van der Waals surface area contributed by atoms with E-state index in [2.05, 4.69) is 37.2 Å². The number of aromatic nitrogens is 2. The van der Waals surface area contributed by atoms with Gasteiger partial charge in [-0.3, -0.25) is 4.79 Å². The van der Waals surface area contributed by atoms with Gasteiger partial charge >= 0.3 is 18.4 Å². The maximum Gasteiger partial charge on any atom is 0.573 e. The van der Waals surface area contributed by atoms with E-state index in [0.29, 0.717) is 56.7 Å². The number of hydrogen-bond acceptors (Lipinski definition) is 7. The van der Waals surface area contributed by atoms with Gasteiger partial charge in [-0.1, -0.05) is 0 Å². The highest BCUT2D eigenvalue weighted by Crippen LogP contribution is 2.33. The van der Waals surface area contributed by atoms with Gasteiger partial charge in [0, 0.05) is 37.3 Å². The highest BCUT2D eigenvalue weighted by atomic mass is 127. The Morgan fingerprint density at radius 1 is 1.07 bits per heavy atom. The molecule has 2 N–H and O–H groups in total. The molecule has 1 aromatic heterocycles. The Kier molecular flexibility index (Phi) is 13.0. The van der Waals surface area contributed by atoms with Crippen molar-refractivity contribution in [1.29, 1.82) is 0 Å². The molecule has 1 heterocycles. The van der Waals surface area contributed by atoms with Crippen LogP contribution in [-0.4, -0.2) is 69.9 Å². The zero-order chi connectivity index (χ0) is 33.4. The minimum Gasteiger partial charge on any atom is -0.481 e. The molecule has 0 bridgehead atoms. The van der Waals surface area contributed by atoms with Crippen molar-refractivity contribution in [3.8, 4) is 5.75 Å². The Balaban J connectivity index is 1.53. The summed E-state index contributed by atoms with van der Waals surface area (Å²) in [5.74, 6) is -5.62. The lowest BCUT2D eigenvalue weighted by Gasteiger charge is -2.27. The molecular weight excluding hydrogens is 741 g/mol. The van der Waals surface area contributed by atoms with Crippen LogP contribution >= 0.6 is 28.4 Å². The second-order valence-corrected chi connectivity index (χ2v) is 12.9. The van der Waals surface area contributed by atoms with Crippen molar-refractivity contribution in [3.63, 3.8) is 0 Å². The Hall–Kier alpha value is -2.98. The molecule has 0 aliphatic carbocycles. The molecule has 0 saturated carbocycles. The standard InChI is InChI=1S/C28H33F5IN4O6P/c1-27(2,3)44-26(41)37(16-18-10-20(29)25(21(30)11-18)43-28(31,32)33)7-4-5-8-42-9-6-35-22-12-17(14-24(39)40)13-23-19(22)15-36-38(23)45-34/h10-13,15,35,45H,4-9,14,16H2,1-3H3,(H,39,40). The van der Waals surface area contributed by atoms with Crippen LogP contribution in [0.4, 0.5) is 32.4 Å². The number of alkyl halides is 3. The highest BCUT2D eigenvalue weighted by molar-refractivity contribution is 14.2. The van der Waals surface area contributed by atoms with Crippen LogP contribution in [-0.2, 0) is 27.2 Å². The van der Waals surface area contributed by atoms with Crippen LogP contribution in [0.2, 0.25) is 0 Å². The van der Waals surface area contributed by atoms with Gasteiger partial charge in [0.25, 0.3) is 0 Å². The van der Waals surface area contributed by atoms with Gasteiger partial charge in [0.05, 0.1) is 31.1 Å². The van der Waals surface area contributed by atoms with E-state index >= 15 is 0 Å². The smallest absolute Gasteiger partial charge is 0.481 e. The third kappa shape index (κ3) is 11.7. The fourth-order valence-corrected chi connectivity index (χ4v) is 5.77. The highest BCUT2D eigenvalue weighted by Gasteiger charge is 2.34. The van der Waals surface area contributed by atoms with Crippen molar-refractivity contribution in [2.45, 2.75) is 58.5 Å². The number of carbonyl (C=O) groups is 2. The third-order valence-electron chi connectivity index (χ3n) is 6.01. The number of carboxylic acid groups (broad SMARTS) is 1. The van der Waals surface area contributed by atoms with Gasteiger partial charge < -0.3 is 29.5 Å². The maximum absolute atomic E-state index is 14.2. The molecule has 0 radical (unpaired) electrons. The molecule has 248 valence electrons. The number of amides is 1. The van der Waals surface area contributed by atoms with E-state index in [-0.39, 0.29) is 25.1 Å². The predicted molar refractivity (Wildman–Crippen MR) is 167 cm³/mol. The monoisotopic (exact) mass is 774 g/mol. The molecule has 2 aromatic carbocycles. The van der Waals surface area contributed by atoms with Crippen LogP contribution in [0, 0.1) is 11.6 Å². The number of anilines is 1. The molecule has 0 saturated heterocycles. The molecule has 0 aliphatic heterocycles. The molecule has 0 fully saturated rings. The van der Waals surface area contributed by atoms with Crippen molar-refractivity contribution in [3.05, 3.63) is 53.2 Å². The first kappa shape index (κ1) is 36.5. The fourth-order valence-electron chi connectivity index (χ4n) is 4.24. The molecule has 0 spiro atoms. The Morgan fingerprint density at radius 2 is 1.76 bits per heavy atom. The molecule has 3 rings (SSSR count). The molecular formula is C28H33F5IN4O6P. The predicted octanol–water partition coefficient (Wildman–Crippen LogP) is 7.28. The first-order valence-electron chi connectivity index (χ1n) is 13.7. The van der Waals surface area contributed by atoms with Gasteiger partial charge in [0.15, 0.2) is 11.6 Å². The lowest BCUT2D eigenvalue weighted by molar-refractivity contribution is -0.276. The number of aliphatic carboxylic acids is 1. The number of hydrogen-bond donors (Lipinski definition) is 2. The van der Waals surface area contributed by atoms with Crippen LogP contribution in [0.25, 0.3) is 10.9 Å². The Morgan fingerprint density at radius 3 is 2.36 bits per heavy atom. The molecule has 45 heavy (non-hydrogen) atoms. The zero-order valence-corrected chi connectivity index (χ0v) is 27.8. The normalized spacial score (nSPS) is 12.2. The summed E-state index contributed by atoms with van der Waals surface area (Å²) in [4.78, 5) is 25.2. The summed E-state index contributed by atoms with van der Waals surface area (Å²) in [6, 6.07) is 4.94. The van der Waals surface area contributed by atoms with E-state index < -0.39 is 41.4 Å². The average molecular weight is 774 g/mol. The fraction of sp³-hybridized carbons (Fsp3) is 0.464. The second kappa shape index (κ2) is 16.0. The van der Waals surface area contributed by atoms with Crippen molar-refractivity contribution in [2.75, 3.05) is 31.6 Å². The van der Waals surface area contributed by atoms with Crippen LogP contribution in [0.3, 0.4) is 0 Å². The lowest BCUT2D eigenvalue weighted by atomic mass is 10.1. The zero-order valence-electron chi connectivity index (χ0n) is 24.6. The van der Waals surface area contributed by atoms with Gasteiger partial charge in [-0.2, -0.15) is 5.10 Å². The quantitative estimate of drug-likeness (QED) is 0.0718. The first-order valence-corrected chi connectivity index (χ1v) is 17.7. The number of ether oxygens (including phenoxy) is 3. The summed E-state index contributed by atoms with van der Waals surface area (Å²) in [5.41, 5.74) is 1.27. The average Bonchev–Trinajstić information content (AvgIpc) is 3.32.